The van der Waals surface area contributed by atoms with Crippen molar-refractivity contribution in [3.05, 3.63) is 63.6 Å². The molecule has 1 saturated carbocycles. The minimum Gasteiger partial charge on any atom is -0.361 e. The minimum atomic E-state index is -1.28. The highest BCUT2D eigenvalue weighted by Gasteiger charge is 2.63. The SMILES string of the molecule is C[Si](C)(C)CCOCN1C(=O)[C@]2(c3ccc(Cl)cc31)C(c1cccc(Cl)c1)CCC(=O)N2CC1CC1. The highest BCUT2D eigenvalue weighted by molar-refractivity contribution is 6.76. The molecule has 2 aromatic rings. The number of hydrogen-bond acceptors (Lipinski definition) is 3. The molecule has 5 nitrogen and oxygen atoms in total. The molecule has 1 aliphatic carbocycles. The summed E-state index contributed by atoms with van der Waals surface area (Å²) in [5.41, 5.74) is 1.42. The van der Waals surface area contributed by atoms with Gasteiger partial charge in [-0.2, -0.15) is 0 Å². The zero-order chi connectivity index (χ0) is 25.7. The Balaban J connectivity index is 1.61. The molecule has 0 radical (unpaired) electrons. The van der Waals surface area contributed by atoms with E-state index in [-0.39, 0.29) is 24.5 Å². The van der Waals surface area contributed by atoms with E-state index in [1.165, 1.54) is 0 Å². The third-order valence-corrected chi connectivity index (χ3v) is 9.89. The van der Waals surface area contributed by atoms with Gasteiger partial charge in [-0.15, -0.1) is 0 Å². The van der Waals surface area contributed by atoms with Crippen molar-refractivity contribution in [1.82, 2.24) is 4.90 Å². The number of rotatable bonds is 8. The van der Waals surface area contributed by atoms with Crippen molar-refractivity contribution in [3.8, 4) is 0 Å². The van der Waals surface area contributed by atoms with Crippen molar-refractivity contribution in [1.29, 1.82) is 0 Å². The average Bonchev–Trinajstić information content (AvgIpc) is 3.60. The van der Waals surface area contributed by atoms with Crippen LogP contribution in [0.2, 0.25) is 35.7 Å². The molecule has 1 saturated heterocycles. The summed E-state index contributed by atoms with van der Waals surface area (Å²) in [5, 5.41) is 1.18. The lowest BCUT2D eigenvalue weighted by Crippen LogP contribution is -2.61. The maximum absolute atomic E-state index is 14.7. The van der Waals surface area contributed by atoms with Crippen LogP contribution in [-0.2, 0) is 19.9 Å². The normalized spacial score (nSPS) is 24.1. The number of ether oxygens (including phenoxy) is 1. The zero-order valence-corrected chi connectivity index (χ0v) is 23.7. The third-order valence-electron chi connectivity index (χ3n) is 7.72. The lowest BCUT2D eigenvalue weighted by Gasteiger charge is -2.49. The summed E-state index contributed by atoms with van der Waals surface area (Å²) < 4.78 is 6.08. The van der Waals surface area contributed by atoms with Crippen molar-refractivity contribution < 1.29 is 14.3 Å². The first-order valence-corrected chi connectivity index (χ1v) is 17.3. The number of amides is 2. The fourth-order valence-corrected chi connectivity index (χ4v) is 6.79. The van der Waals surface area contributed by atoms with E-state index >= 15 is 0 Å². The Morgan fingerprint density at radius 2 is 1.78 bits per heavy atom. The molecule has 0 bridgehead atoms. The summed E-state index contributed by atoms with van der Waals surface area (Å²) in [5.74, 6) is 0.156. The number of halogens is 2. The van der Waals surface area contributed by atoms with Gasteiger partial charge >= 0.3 is 0 Å². The maximum atomic E-state index is 14.7. The number of likely N-dealkylation sites (tertiary alicyclic amines) is 1. The molecule has 192 valence electrons. The molecule has 8 heteroatoms. The molecular formula is C28H34Cl2N2O3Si. The fourth-order valence-electron chi connectivity index (χ4n) is 5.67. The van der Waals surface area contributed by atoms with Gasteiger partial charge < -0.3 is 9.64 Å². The summed E-state index contributed by atoms with van der Waals surface area (Å²) in [6, 6.07) is 14.4. The van der Waals surface area contributed by atoms with Crippen molar-refractivity contribution in [2.75, 3.05) is 24.8 Å². The van der Waals surface area contributed by atoms with Gasteiger partial charge in [-0.05, 0) is 61.1 Å². The second-order valence-electron chi connectivity index (χ2n) is 11.6. The van der Waals surface area contributed by atoms with Crippen LogP contribution in [0, 0.1) is 5.92 Å². The molecule has 5 rings (SSSR count). The van der Waals surface area contributed by atoms with Crippen molar-refractivity contribution in [2.45, 2.75) is 62.8 Å². The summed E-state index contributed by atoms with van der Waals surface area (Å²) in [7, 11) is -1.28. The molecule has 2 aliphatic heterocycles. The van der Waals surface area contributed by atoms with E-state index in [0.717, 1.165) is 35.7 Å². The Morgan fingerprint density at radius 1 is 1.03 bits per heavy atom. The lowest BCUT2D eigenvalue weighted by atomic mass is 9.69. The molecule has 2 atom stereocenters. The quantitative estimate of drug-likeness (QED) is 0.275. The number of carbonyl (C=O) groups is 2. The minimum absolute atomic E-state index is 0.0379. The molecule has 1 spiro atoms. The first-order valence-electron chi connectivity index (χ1n) is 12.9. The van der Waals surface area contributed by atoms with Gasteiger partial charge in [-0.1, -0.05) is 61.0 Å². The van der Waals surface area contributed by atoms with Crippen LogP contribution in [-0.4, -0.2) is 44.7 Å². The van der Waals surface area contributed by atoms with Gasteiger partial charge in [0.05, 0.1) is 5.69 Å². The van der Waals surface area contributed by atoms with Crippen molar-refractivity contribution in [2.24, 2.45) is 5.92 Å². The van der Waals surface area contributed by atoms with Crippen LogP contribution < -0.4 is 4.90 Å². The van der Waals surface area contributed by atoms with Gasteiger partial charge in [0.2, 0.25) is 5.91 Å². The zero-order valence-electron chi connectivity index (χ0n) is 21.2. The predicted molar refractivity (Wildman–Crippen MR) is 147 cm³/mol. The predicted octanol–water partition coefficient (Wildman–Crippen LogP) is 6.66. The van der Waals surface area contributed by atoms with Gasteiger partial charge in [0.15, 0.2) is 5.54 Å². The molecule has 2 aromatic carbocycles. The van der Waals surface area contributed by atoms with Crippen LogP contribution in [0.25, 0.3) is 0 Å². The summed E-state index contributed by atoms with van der Waals surface area (Å²) >= 11 is 12.9. The Morgan fingerprint density at radius 3 is 2.47 bits per heavy atom. The fraction of sp³-hybridized carbons (Fsp3) is 0.500. The van der Waals surface area contributed by atoms with E-state index in [4.69, 9.17) is 27.9 Å². The molecule has 2 amide bonds. The molecule has 2 heterocycles. The Labute approximate surface area is 224 Å². The average molecular weight is 546 g/mol. The van der Waals surface area contributed by atoms with Crippen LogP contribution in [0.5, 0.6) is 0 Å². The van der Waals surface area contributed by atoms with Crippen LogP contribution in [0.15, 0.2) is 42.5 Å². The van der Waals surface area contributed by atoms with Crippen LogP contribution in [0.4, 0.5) is 5.69 Å². The Hall–Kier alpha value is -1.86. The van der Waals surface area contributed by atoms with Gasteiger partial charge in [0, 0.05) is 49.2 Å². The van der Waals surface area contributed by atoms with E-state index in [0.29, 0.717) is 42.0 Å². The smallest absolute Gasteiger partial charge is 0.260 e. The molecule has 36 heavy (non-hydrogen) atoms. The number of carbonyl (C=O) groups excluding carboxylic acids is 2. The number of nitrogens with zero attached hydrogens (tertiary/aromatic N) is 2. The van der Waals surface area contributed by atoms with E-state index in [1.54, 1.807) is 4.90 Å². The third kappa shape index (κ3) is 4.73. The maximum Gasteiger partial charge on any atom is 0.260 e. The van der Waals surface area contributed by atoms with Crippen molar-refractivity contribution in [3.63, 3.8) is 0 Å². The Kier molecular flexibility index (Phi) is 7.01. The Bertz CT molecular complexity index is 1180. The second kappa shape index (κ2) is 9.79. The number of benzene rings is 2. The molecule has 0 aromatic heterocycles. The second-order valence-corrected chi connectivity index (χ2v) is 18.1. The highest BCUT2D eigenvalue weighted by Crippen LogP contribution is 2.57. The highest BCUT2D eigenvalue weighted by atomic mass is 35.5. The van der Waals surface area contributed by atoms with Gasteiger partial charge in [0.1, 0.15) is 6.73 Å². The number of fused-ring (bicyclic) bond motifs is 2. The number of piperidine rings is 1. The van der Waals surface area contributed by atoms with Gasteiger partial charge in [-0.25, -0.2) is 0 Å². The summed E-state index contributed by atoms with van der Waals surface area (Å²) in [6.45, 7) is 8.26. The summed E-state index contributed by atoms with van der Waals surface area (Å²) in [4.78, 5) is 31.8. The molecule has 1 unspecified atom stereocenters. The van der Waals surface area contributed by atoms with E-state index in [1.807, 2.05) is 47.4 Å². The number of anilines is 1. The standard InChI is InChI=1S/C28H34Cl2N2O3Si/c1-36(2,3)14-13-35-18-31-25-16-22(30)9-10-24(25)28(27(31)34)23(20-5-4-6-21(29)15-20)11-12-26(33)32(28)17-19-7-8-19/h4-6,9-10,15-16,19,23H,7-8,11-14,17-18H2,1-3H3/t23?,28-/m1/s1. The van der Waals surface area contributed by atoms with Crippen LogP contribution >= 0.6 is 23.2 Å². The first kappa shape index (κ1) is 25.8. The van der Waals surface area contributed by atoms with Crippen LogP contribution in [0.1, 0.15) is 42.7 Å². The largest absolute Gasteiger partial charge is 0.361 e. The van der Waals surface area contributed by atoms with Gasteiger partial charge in [0.25, 0.3) is 5.91 Å². The summed E-state index contributed by atoms with van der Waals surface area (Å²) in [6.07, 6.45) is 3.17. The molecule has 0 N–H and O–H groups in total. The van der Waals surface area contributed by atoms with Crippen LogP contribution in [0.3, 0.4) is 0 Å². The number of hydrogen-bond donors (Lipinski definition) is 0. The first-order chi connectivity index (χ1) is 17.1. The van der Waals surface area contributed by atoms with E-state index in [9.17, 15) is 9.59 Å². The molecule has 2 fully saturated rings. The molecule has 3 aliphatic rings. The van der Waals surface area contributed by atoms with Gasteiger partial charge in [-0.3, -0.25) is 14.5 Å². The molecular weight excluding hydrogens is 511 g/mol. The lowest BCUT2D eigenvalue weighted by molar-refractivity contribution is -0.154. The monoisotopic (exact) mass is 544 g/mol. The topological polar surface area (TPSA) is 49.9 Å². The van der Waals surface area contributed by atoms with E-state index < -0.39 is 13.6 Å². The van der Waals surface area contributed by atoms with Crippen molar-refractivity contribution >= 4 is 48.8 Å². The van der Waals surface area contributed by atoms with E-state index in [2.05, 4.69) is 19.6 Å².